The van der Waals surface area contributed by atoms with E-state index in [4.69, 9.17) is 28.4 Å². The smallest absolute Gasteiger partial charge is 0.220 e. The predicted molar refractivity (Wildman–Crippen MR) is 328 cm³/mol. The Labute approximate surface area is 511 Å². The molecule has 3 fully saturated rings. The molecule has 3 rings (SSSR count). The molecule has 12 N–H and O–H groups in total. The second-order valence-corrected chi connectivity index (χ2v) is 24.3. The number of hydrogen-bond donors (Lipinski definition) is 12. The number of aliphatic hydroxyl groups excluding tert-OH is 11. The van der Waals surface area contributed by atoms with E-state index in [0.717, 1.165) is 64.2 Å². The van der Waals surface area contributed by atoms with Crippen LogP contribution in [0.25, 0.3) is 0 Å². The van der Waals surface area contributed by atoms with Crippen LogP contribution < -0.4 is 5.32 Å². The molecule has 0 aromatic carbocycles. The summed E-state index contributed by atoms with van der Waals surface area (Å²) in [6, 6.07) is -0.887. The summed E-state index contributed by atoms with van der Waals surface area (Å²) in [5, 5.41) is 120. The lowest BCUT2D eigenvalue weighted by molar-refractivity contribution is -0.379. The van der Waals surface area contributed by atoms with Crippen molar-refractivity contribution in [3.8, 4) is 0 Å². The van der Waals surface area contributed by atoms with Gasteiger partial charge in [-0.1, -0.05) is 224 Å². The molecule has 0 saturated carbocycles. The number of hydrogen-bond acceptors (Lipinski definition) is 18. The van der Waals surface area contributed by atoms with Crippen LogP contribution in [0.4, 0.5) is 0 Å². The minimum atomic E-state index is -1.97. The van der Waals surface area contributed by atoms with E-state index in [1.54, 1.807) is 0 Å². The van der Waals surface area contributed by atoms with Gasteiger partial charge in [0.1, 0.15) is 73.2 Å². The molecule has 17 atom stereocenters. The van der Waals surface area contributed by atoms with Gasteiger partial charge in [-0.25, -0.2) is 0 Å². The van der Waals surface area contributed by atoms with Crippen molar-refractivity contribution in [2.75, 3.05) is 26.4 Å². The van der Waals surface area contributed by atoms with Gasteiger partial charge in [0, 0.05) is 6.42 Å². The Morgan fingerprint density at radius 2 is 0.776 bits per heavy atom. The van der Waals surface area contributed by atoms with Gasteiger partial charge in [-0.05, 0) is 51.4 Å². The number of aliphatic hydroxyl groups is 11. The van der Waals surface area contributed by atoms with E-state index >= 15 is 0 Å². The molecule has 19 nitrogen and oxygen atoms in total. The summed E-state index contributed by atoms with van der Waals surface area (Å²) in [5.74, 6) is -0.245. The first-order chi connectivity index (χ1) is 41.3. The standard InChI is InChI=1S/C66H121NO18/c1-3-5-7-9-11-13-15-17-18-19-20-21-22-23-24-25-26-27-28-29-30-32-34-36-38-40-42-44-54(72)67-49(50(71)43-41-39-37-35-33-31-16-14-12-10-8-6-4-2)48-80-64-60(78)57(75)62(52(46-69)82-64)85-66-61(79)58(76)63(53(47-70)83-66)84-65-59(77)56(74)55(73)51(45-68)81-65/h15,17,19-20,22-23,49-53,55-66,68-71,73-79H,3-14,16,18,21,24-48H2,1-2H3,(H,67,72)/b17-15-,20-19-,23-22-. The number of amides is 1. The van der Waals surface area contributed by atoms with Crippen molar-refractivity contribution < 1.29 is 89.4 Å². The molecule has 3 heterocycles. The van der Waals surface area contributed by atoms with Gasteiger partial charge in [0.25, 0.3) is 0 Å². The van der Waals surface area contributed by atoms with E-state index in [1.807, 2.05) is 0 Å². The van der Waals surface area contributed by atoms with Gasteiger partial charge in [0.15, 0.2) is 18.9 Å². The Balaban J connectivity index is 1.41. The largest absolute Gasteiger partial charge is 0.394 e. The van der Waals surface area contributed by atoms with Crippen LogP contribution in [0.1, 0.15) is 245 Å². The second kappa shape index (κ2) is 48.8. The van der Waals surface area contributed by atoms with E-state index in [-0.39, 0.29) is 18.9 Å². The number of nitrogens with one attached hydrogen (secondary N) is 1. The molecule has 85 heavy (non-hydrogen) atoms. The number of allylic oxidation sites excluding steroid dienone is 6. The quantitative estimate of drug-likeness (QED) is 0.0202. The highest BCUT2D eigenvalue weighted by Crippen LogP contribution is 2.33. The normalized spacial score (nSPS) is 29.2. The fourth-order valence-corrected chi connectivity index (χ4v) is 11.4. The molecule has 498 valence electrons. The number of carbonyl (C=O) groups excluding carboxylic acids is 1. The third-order valence-corrected chi connectivity index (χ3v) is 17.0. The number of rotatable bonds is 51. The number of unbranched alkanes of at least 4 members (excludes halogenated alkanes) is 29. The summed E-state index contributed by atoms with van der Waals surface area (Å²) in [6.45, 7) is 1.78. The molecule has 3 saturated heterocycles. The maximum absolute atomic E-state index is 13.4. The summed E-state index contributed by atoms with van der Waals surface area (Å²) in [7, 11) is 0. The number of carbonyl (C=O) groups is 1. The molecule has 1 amide bonds. The summed E-state index contributed by atoms with van der Waals surface area (Å²) in [5.41, 5.74) is 0. The molecular formula is C66H121NO18. The van der Waals surface area contributed by atoms with Crippen molar-refractivity contribution in [3.63, 3.8) is 0 Å². The lowest BCUT2D eigenvalue weighted by atomic mass is 9.96. The number of ether oxygens (including phenoxy) is 6. The lowest BCUT2D eigenvalue weighted by Crippen LogP contribution is -2.66. The van der Waals surface area contributed by atoms with Gasteiger partial charge < -0.3 is 89.9 Å². The van der Waals surface area contributed by atoms with Crippen molar-refractivity contribution in [3.05, 3.63) is 36.5 Å². The van der Waals surface area contributed by atoms with E-state index in [1.165, 1.54) is 148 Å². The van der Waals surface area contributed by atoms with Crippen LogP contribution in [0.15, 0.2) is 36.5 Å². The molecule has 0 aromatic rings. The molecule has 3 aliphatic heterocycles. The van der Waals surface area contributed by atoms with Crippen molar-refractivity contribution in [2.45, 2.75) is 349 Å². The van der Waals surface area contributed by atoms with Crippen molar-refractivity contribution in [1.82, 2.24) is 5.32 Å². The zero-order valence-electron chi connectivity index (χ0n) is 52.3. The third kappa shape index (κ3) is 31.5. The van der Waals surface area contributed by atoms with E-state index < -0.39 is 124 Å². The van der Waals surface area contributed by atoms with Crippen LogP contribution >= 0.6 is 0 Å². The topological polar surface area (TPSA) is 307 Å². The summed E-state index contributed by atoms with van der Waals surface area (Å²) in [4.78, 5) is 13.4. The van der Waals surface area contributed by atoms with Crippen LogP contribution in [-0.2, 0) is 33.2 Å². The van der Waals surface area contributed by atoms with E-state index in [9.17, 15) is 61.0 Å². The molecule has 3 aliphatic rings. The summed E-state index contributed by atoms with van der Waals surface area (Å²) < 4.78 is 34.4. The van der Waals surface area contributed by atoms with E-state index in [0.29, 0.717) is 12.8 Å². The highest BCUT2D eigenvalue weighted by molar-refractivity contribution is 5.76. The highest BCUT2D eigenvalue weighted by Gasteiger charge is 2.53. The first-order valence-electron chi connectivity index (χ1n) is 33.7. The lowest BCUT2D eigenvalue weighted by Gasteiger charge is -2.48. The zero-order valence-corrected chi connectivity index (χ0v) is 52.3. The fraction of sp³-hybridized carbons (Fsp3) is 0.894. The summed E-state index contributed by atoms with van der Waals surface area (Å²) in [6.07, 6.45) is 28.0. The Hall–Kier alpha value is -1.99. The van der Waals surface area contributed by atoms with Gasteiger partial charge in [0.05, 0.1) is 38.6 Å². The maximum atomic E-state index is 13.4. The third-order valence-electron chi connectivity index (χ3n) is 17.0. The van der Waals surface area contributed by atoms with Crippen LogP contribution in [0, 0.1) is 0 Å². The van der Waals surface area contributed by atoms with Crippen molar-refractivity contribution in [1.29, 1.82) is 0 Å². The molecule has 17 unspecified atom stereocenters. The second-order valence-electron chi connectivity index (χ2n) is 24.3. The Morgan fingerprint density at radius 1 is 0.424 bits per heavy atom. The minimum Gasteiger partial charge on any atom is -0.394 e. The van der Waals surface area contributed by atoms with Gasteiger partial charge in [-0.2, -0.15) is 0 Å². The Kier molecular flexibility index (Phi) is 44.4. The van der Waals surface area contributed by atoms with Crippen LogP contribution in [0.3, 0.4) is 0 Å². The fourth-order valence-electron chi connectivity index (χ4n) is 11.4. The van der Waals surface area contributed by atoms with Crippen LogP contribution in [-0.4, -0.2) is 193 Å². The van der Waals surface area contributed by atoms with Gasteiger partial charge in [-0.3, -0.25) is 4.79 Å². The Bertz CT molecular complexity index is 1690. The van der Waals surface area contributed by atoms with Gasteiger partial charge >= 0.3 is 0 Å². The summed E-state index contributed by atoms with van der Waals surface area (Å²) >= 11 is 0. The monoisotopic (exact) mass is 1220 g/mol. The van der Waals surface area contributed by atoms with Gasteiger partial charge in [-0.15, -0.1) is 0 Å². The SMILES string of the molecule is CCCCCCC/C=C\C/C=C\C/C=C\CCCCCCCCCCCCCCC(=O)NC(COC1OC(CO)C(OC2OC(CO)C(OC3OC(CO)C(O)C(O)C3O)C(O)C2O)C(O)C1O)C(O)CCCCCCCCCCCCCCC. The average molecular weight is 1220 g/mol. The zero-order chi connectivity index (χ0) is 61.9. The Morgan fingerprint density at radius 3 is 1.21 bits per heavy atom. The molecule has 0 radical (unpaired) electrons. The molecule has 0 aliphatic carbocycles. The van der Waals surface area contributed by atoms with Crippen molar-refractivity contribution in [2.24, 2.45) is 0 Å². The predicted octanol–water partition coefficient (Wildman–Crippen LogP) is 8.05. The van der Waals surface area contributed by atoms with Gasteiger partial charge in [0.2, 0.25) is 5.91 Å². The maximum Gasteiger partial charge on any atom is 0.220 e. The molecular weight excluding hydrogens is 1090 g/mol. The first kappa shape index (κ1) is 77.3. The average Bonchev–Trinajstić information content (AvgIpc) is 2.72. The molecule has 0 aromatic heterocycles. The van der Waals surface area contributed by atoms with Crippen molar-refractivity contribution >= 4 is 5.91 Å². The highest BCUT2D eigenvalue weighted by atomic mass is 16.8. The first-order valence-corrected chi connectivity index (χ1v) is 33.7. The molecule has 0 spiro atoms. The van der Waals surface area contributed by atoms with E-state index in [2.05, 4.69) is 55.6 Å². The van der Waals surface area contributed by atoms with Crippen LogP contribution in [0.2, 0.25) is 0 Å². The molecule has 0 bridgehead atoms. The molecule has 19 heteroatoms. The van der Waals surface area contributed by atoms with Crippen LogP contribution in [0.5, 0.6) is 0 Å². The minimum absolute atomic E-state index is 0.245.